The molecule has 1 N–H and O–H groups in total. The molecule has 0 aliphatic rings. The Labute approximate surface area is 201 Å². The van der Waals surface area contributed by atoms with Crippen molar-refractivity contribution in [3.05, 3.63) is 101 Å². The van der Waals surface area contributed by atoms with E-state index in [9.17, 15) is 13.2 Å². The maximum atomic E-state index is 12.4. The molecule has 0 radical (unpaired) electrons. The summed E-state index contributed by atoms with van der Waals surface area (Å²) in [5.41, 5.74) is 5.43. The first kappa shape index (κ1) is 24.9. The standard InChI is InChI=1S/C26H30N2O3S2/c1-20-9-14-25(17-21(20)2)28(33(3,30)31)18-22-10-12-24(13-11-22)26(29)27-15-16-32-19-23-7-5-4-6-8-23/h4-14,17H,15-16,18-19H2,1-3H3,(H,27,29). The maximum Gasteiger partial charge on any atom is 0.251 e. The van der Waals surface area contributed by atoms with Crippen molar-refractivity contribution >= 4 is 33.4 Å². The van der Waals surface area contributed by atoms with Crippen LogP contribution in [0.1, 0.15) is 32.6 Å². The normalized spacial score (nSPS) is 11.2. The Bertz CT molecular complexity index is 1180. The third-order valence-corrected chi connectivity index (χ3v) is 7.54. The number of hydrogen-bond acceptors (Lipinski definition) is 4. The van der Waals surface area contributed by atoms with Gasteiger partial charge in [0.25, 0.3) is 5.91 Å². The number of nitrogens with one attached hydrogen (secondary N) is 1. The van der Waals surface area contributed by atoms with Gasteiger partial charge in [0.1, 0.15) is 0 Å². The number of nitrogens with zero attached hydrogens (tertiary/aromatic N) is 1. The highest BCUT2D eigenvalue weighted by molar-refractivity contribution is 7.98. The lowest BCUT2D eigenvalue weighted by molar-refractivity contribution is 0.0956. The number of carbonyl (C=O) groups is 1. The minimum absolute atomic E-state index is 0.129. The topological polar surface area (TPSA) is 66.5 Å². The fourth-order valence-corrected chi connectivity index (χ4v) is 5.01. The van der Waals surface area contributed by atoms with Crippen LogP contribution in [0.25, 0.3) is 0 Å². The molecule has 0 aliphatic carbocycles. The van der Waals surface area contributed by atoms with Crippen LogP contribution in [0.15, 0.2) is 72.8 Å². The molecule has 33 heavy (non-hydrogen) atoms. The first-order valence-electron chi connectivity index (χ1n) is 10.8. The predicted molar refractivity (Wildman–Crippen MR) is 138 cm³/mol. The molecule has 3 aromatic carbocycles. The van der Waals surface area contributed by atoms with Crippen molar-refractivity contribution in [2.45, 2.75) is 26.1 Å². The fraction of sp³-hybridized carbons (Fsp3) is 0.269. The van der Waals surface area contributed by atoms with Crippen molar-refractivity contribution < 1.29 is 13.2 Å². The van der Waals surface area contributed by atoms with Crippen LogP contribution in [0.4, 0.5) is 5.69 Å². The van der Waals surface area contributed by atoms with Gasteiger partial charge in [-0.1, -0.05) is 48.5 Å². The summed E-state index contributed by atoms with van der Waals surface area (Å²) >= 11 is 1.78. The van der Waals surface area contributed by atoms with Gasteiger partial charge in [-0.25, -0.2) is 8.42 Å². The Morgan fingerprint density at radius 2 is 1.61 bits per heavy atom. The summed E-state index contributed by atoms with van der Waals surface area (Å²) in [6.45, 7) is 4.76. The first-order valence-corrected chi connectivity index (χ1v) is 13.8. The zero-order valence-electron chi connectivity index (χ0n) is 19.2. The van der Waals surface area contributed by atoms with E-state index in [1.54, 1.807) is 36.0 Å². The Kier molecular flexibility index (Phi) is 8.58. The predicted octanol–water partition coefficient (Wildman–Crippen LogP) is 4.93. The maximum absolute atomic E-state index is 12.4. The van der Waals surface area contributed by atoms with Crippen molar-refractivity contribution in [2.75, 3.05) is 22.9 Å². The summed E-state index contributed by atoms with van der Waals surface area (Å²) in [6.07, 6.45) is 1.21. The van der Waals surface area contributed by atoms with Gasteiger partial charge in [0.05, 0.1) is 18.5 Å². The number of carbonyl (C=O) groups excluding carboxylic acids is 1. The monoisotopic (exact) mass is 482 g/mol. The second kappa shape index (κ2) is 11.4. The third-order valence-electron chi connectivity index (χ3n) is 5.36. The van der Waals surface area contributed by atoms with Crippen LogP contribution in [-0.4, -0.2) is 32.9 Å². The number of amides is 1. The average Bonchev–Trinajstić information content (AvgIpc) is 2.79. The van der Waals surface area contributed by atoms with E-state index in [1.165, 1.54) is 16.1 Å². The van der Waals surface area contributed by atoms with E-state index >= 15 is 0 Å². The Hall–Kier alpha value is -2.77. The summed E-state index contributed by atoms with van der Waals surface area (Å²) in [5.74, 6) is 1.62. The van der Waals surface area contributed by atoms with E-state index in [4.69, 9.17) is 0 Å². The van der Waals surface area contributed by atoms with Gasteiger partial charge in [-0.05, 0) is 60.4 Å². The number of hydrogen-bond donors (Lipinski definition) is 1. The summed E-state index contributed by atoms with van der Waals surface area (Å²) in [7, 11) is -3.46. The van der Waals surface area contributed by atoms with Gasteiger partial charge >= 0.3 is 0 Å². The van der Waals surface area contributed by atoms with Crippen LogP contribution >= 0.6 is 11.8 Å². The molecule has 174 valence electrons. The molecule has 0 bridgehead atoms. The number of benzene rings is 3. The summed E-state index contributed by atoms with van der Waals surface area (Å²) in [4.78, 5) is 12.4. The van der Waals surface area contributed by atoms with Crippen molar-refractivity contribution in [2.24, 2.45) is 0 Å². The molecule has 0 atom stereocenters. The van der Waals surface area contributed by atoms with Crippen LogP contribution in [0, 0.1) is 13.8 Å². The van der Waals surface area contributed by atoms with Crippen molar-refractivity contribution in [3.8, 4) is 0 Å². The van der Waals surface area contributed by atoms with Crippen LogP contribution < -0.4 is 9.62 Å². The van der Waals surface area contributed by atoms with Crippen LogP contribution in [0.2, 0.25) is 0 Å². The average molecular weight is 483 g/mol. The zero-order chi connectivity index (χ0) is 23.8. The molecule has 3 aromatic rings. The molecule has 3 rings (SSSR count). The lowest BCUT2D eigenvalue weighted by Crippen LogP contribution is -2.29. The Balaban J connectivity index is 1.55. The van der Waals surface area contributed by atoms with E-state index in [0.717, 1.165) is 28.2 Å². The minimum atomic E-state index is -3.46. The van der Waals surface area contributed by atoms with Gasteiger partial charge in [0.15, 0.2) is 0 Å². The van der Waals surface area contributed by atoms with Gasteiger partial charge < -0.3 is 5.32 Å². The molecule has 0 saturated heterocycles. The van der Waals surface area contributed by atoms with Crippen LogP contribution in [0.5, 0.6) is 0 Å². The number of thioether (sulfide) groups is 1. The van der Waals surface area contributed by atoms with E-state index < -0.39 is 10.0 Å². The molecule has 7 heteroatoms. The van der Waals surface area contributed by atoms with E-state index in [2.05, 4.69) is 17.4 Å². The largest absolute Gasteiger partial charge is 0.351 e. The van der Waals surface area contributed by atoms with Crippen LogP contribution in [0.3, 0.4) is 0 Å². The summed E-state index contributed by atoms with van der Waals surface area (Å²) < 4.78 is 26.2. The summed E-state index contributed by atoms with van der Waals surface area (Å²) in [6, 6.07) is 23.0. The summed E-state index contributed by atoms with van der Waals surface area (Å²) in [5, 5.41) is 2.94. The van der Waals surface area contributed by atoms with Crippen molar-refractivity contribution in [3.63, 3.8) is 0 Å². The molecule has 0 unspecified atom stereocenters. The second-order valence-corrected chi connectivity index (χ2v) is 11.0. The van der Waals surface area contributed by atoms with Gasteiger partial charge in [-0.3, -0.25) is 9.10 Å². The molecule has 0 saturated carbocycles. The number of rotatable bonds is 10. The Morgan fingerprint density at radius 3 is 2.24 bits per heavy atom. The molecule has 0 spiro atoms. The molecule has 0 fully saturated rings. The molecule has 5 nitrogen and oxygen atoms in total. The minimum Gasteiger partial charge on any atom is -0.351 e. The highest BCUT2D eigenvalue weighted by atomic mass is 32.2. The van der Waals surface area contributed by atoms with E-state index in [0.29, 0.717) is 17.8 Å². The van der Waals surface area contributed by atoms with Gasteiger partial charge in [0.2, 0.25) is 10.0 Å². The molecule has 1 amide bonds. The highest BCUT2D eigenvalue weighted by Crippen LogP contribution is 2.23. The van der Waals surface area contributed by atoms with Gasteiger partial charge in [-0.15, -0.1) is 0 Å². The van der Waals surface area contributed by atoms with E-state index in [1.807, 2.05) is 50.2 Å². The van der Waals surface area contributed by atoms with Crippen LogP contribution in [-0.2, 0) is 22.3 Å². The molecular weight excluding hydrogens is 452 g/mol. The molecule has 0 aromatic heterocycles. The SMILES string of the molecule is Cc1ccc(N(Cc2ccc(C(=O)NCCSCc3ccccc3)cc2)S(C)(=O)=O)cc1C. The fourth-order valence-electron chi connectivity index (χ4n) is 3.31. The van der Waals surface area contributed by atoms with E-state index in [-0.39, 0.29) is 12.5 Å². The smallest absolute Gasteiger partial charge is 0.251 e. The number of anilines is 1. The molecule has 0 heterocycles. The van der Waals surface area contributed by atoms with Crippen molar-refractivity contribution in [1.29, 1.82) is 0 Å². The van der Waals surface area contributed by atoms with Crippen molar-refractivity contribution in [1.82, 2.24) is 5.32 Å². The van der Waals surface area contributed by atoms with Gasteiger partial charge in [-0.2, -0.15) is 11.8 Å². The molecular formula is C26H30N2O3S2. The lowest BCUT2D eigenvalue weighted by atomic mass is 10.1. The Morgan fingerprint density at radius 1 is 0.909 bits per heavy atom. The number of sulfonamides is 1. The highest BCUT2D eigenvalue weighted by Gasteiger charge is 2.18. The van der Waals surface area contributed by atoms with Gasteiger partial charge in [0, 0.05) is 23.6 Å². The lowest BCUT2D eigenvalue weighted by Gasteiger charge is -2.23. The second-order valence-electron chi connectivity index (χ2n) is 8.03. The third kappa shape index (κ3) is 7.37. The first-order chi connectivity index (χ1) is 15.7. The zero-order valence-corrected chi connectivity index (χ0v) is 20.9. The molecule has 0 aliphatic heterocycles. The number of aryl methyl sites for hydroxylation is 2. The quantitative estimate of drug-likeness (QED) is 0.416.